The molecule has 1 saturated carbocycles. The van der Waals surface area contributed by atoms with Gasteiger partial charge in [0.15, 0.2) is 0 Å². The van der Waals surface area contributed by atoms with Crippen LogP contribution in [-0.4, -0.2) is 6.17 Å². The third-order valence-electron chi connectivity index (χ3n) is 1.01. The van der Waals surface area contributed by atoms with Gasteiger partial charge in [-0.25, -0.2) is 4.39 Å². The second-order valence-electron chi connectivity index (χ2n) is 1.73. The molecule has 0 saturated heterocycles. The van der Waals surface area contributed by atoms with E-state index in [9.17, 15) is 4.39 Å². The predicted molar refractivity (Wildman–Crippen MR) is 20.9 cm³/mol. The van der Waals surface area contributed by atoms with Crippen molar-refractivity contribution in [2.24, 2.45) is 5.92 Å². The average molecular weight is 112 g/mol. The van der Waals surface area contributed by atoms with Crippen molar-refractivity contribution in [2.45, 2.75) is 19.5 Å². The van der Waals surface area contributed by atoms with Gasteiger partial charge in [0.25, 0.3) is 0 Å². The minimum atomic E-state index is -0.449. The Labute approximate surface area is 40.2 Å². The zero-order chi connectivity index (χ0) is 5.86. The molecule has 0 amide bonds. The molecule has 3 heteroatoms. The molecule has 0 spiro atoms. The summed E-state index contributed by atoms with van der Waals surface area (Å²) in [5.41, 5.74) is 0. The van der Waals surface area contributed by atoms with Crippen LogP contribution in [0.15, 0.2) is 0 Å². The molecular formula is C4H7F3. The van der Waals surface area contributed by atoms with E-state index < -0.39 is 6.17 Å². The van der Waals surface area contributed by atoms with Crippen LogP contribution in [0.5, 0.6) is 0 Å². The maximum atomic E-state index is 11.5. The van der Waals surface area contributed by atoms with Crippen LogP contribution in [0.1, 0.15) is 13.3 Å². The minimum absolute atomic E-state index is 0.384. The van der Waals surface area contributed by atoms with Crippen LogP contribution in [0.4, 0.5) is 13.5 Å². The molecule has 0 radical (unpaired) electrons. The summed E-state index contributed by atoms with van der Waals surface area (Å²) in [6.07, 6.45) is 0.356. The van der Waals surface area contributed by atoms with Gasteiger partial charge in [-0.05, 0) is 12.3 Å². The van der Waals surface area contributed by atoms with Crippen LogP contribution in [-0.2, 0) is 0 Å². The fourth-order valence-electron chi connectivity index (χ4n) is 0.277. The monoisotopic (exact) mass is 112 g/mol. The van der Waals surface area contributed by atoms with Crippen molar-refractivity contribution in [3.63, 3.8) is 0 Å². The SMILES string of the molecule is CC1CC1F.FF. The van der Waals surface area contributed by atoms with Gasteiger partial charge in [-0.3, -0.25) is 0 Å². The first kappa shape index (κ1) is 6.79. The maximum absolute atomic E-state index is 11.5. The normalized spacial score (nSPS) is 36.0. The quantitative estimate of drug-likeness (QED) is 0.450. The highest BCUT2D eigenvalue weighted by atomic mass is 20.0. The molecule has 0 N–H and O–H groups in total. The van der Waals surface area contributed by atoms with E-state index in [1.54, 1.807) is 0 Å². The topological polar surface area (TPSA) is 0 Å². The molecule has 0 nitrogen and oxygen atoms in total. The lowest BCUT2D eigenvalue weighted by atomic mass is 10.5. The number of alkyl halides is 1. The Kier molecular flexibility index (Phi) is 2.79. The highest BCUT2D eigenvalue weighted by Crippen LogP contribution is 2.32. The Bertz CT molecular complexity index is 40.2. The second-order valence-corrected chi connectivity index (χ2v) is 1.73. The molecule has 0 aliphatic heterocycles. The molecule has 1 rings (SSSR count). The van der Waals surface area contributed by atoms with E-state index in [0.717, 1.165) is 6.42 Å². The Hall–Kier alpha value is -0.210. The van der Waals surface area contributed by atoms with Crippen LogP contribution in [0.25, 0.3) is 0 Å². The van der Waals surface area contributed by atoms with Crippen LogP contribution < -0.4 is 0 Å². The summed E-state index contributed by atoms with van der Waals surface area (Å²) in [5, 5.41) is 0. The van der Waals surface area contributed by atoms with Gasteiger partial charge in [0, 0.05) is 9.15 Å². The number of hydrogen-bond acceptors (Lipinski definition) is 0. The van der Waals surface area contributed by atoms with E-state index >= 15 is 0 Å². The van der Waals surface area contributed by atoms with Gasteiger partial charge in [-0.1, -0.05) is 6.92 Å². The molecule has 1 aliphatic rings. The van der Waals surface area contributed by atoms with Crippen molar-refractivity contribution < 1.29 is 13.5 Å². The van der Waals surface area contributed by atoms with E-state index in [-0.39, 0.29) is 0 Å². The van der Waals surface area contributed by atoms with Gasteiger partial charge in [0.05, 0.1) is 0 Å². The van der Waals surface area contributed by atoms with E-state index in [1.165, 1.54) is 0 Å². The smallest absolute Gasteiger partial charge is 0.103 e. The summed E-state index contributed by atoms with van der Waals surface area (Å²) in [4.78, 5) is 0. The lowest BCUT2D eigenvalue weighted by Gasteiger charge is -1.63. The lowest BCUT2D eigenvalue weighted by molar-refractivity contribution is 0.108. The molecule has 0 aromatic carbocycles. The van der Waals surface area contributed by atoms with Crippen molar-refractivity contribution in [1.82, 2.24) is 0 Å². The zero-order valence-electron chi connectivity index (χ0n) is 4.00. The number of rotatable bonds is 0. The van der Waals surface area contributed by atoms with Crippen LogP contribution in [0.2, 0.25) is 0 Å². The van der Waals surface area contributed by atoms with E-state index in [1.807, 2.05) is 6.92 Å². The van der Waals surface area contributed by atoms with Gasteiger partial charge < -0.3 is 0 Å². The summed E-state index contributed by atoms with van der Waals surface area (Å²) >= 11 is 0. The van der Waals surface area contributed by atoms with Crippen molar-refractivity contribution in [3.05, 3.63) is 0 Å². The molecule has 7 heavy (non-hydrogen) atoms. The standard InChI is InChI=1S/C4H7F.F2/c1-3-2-4(3)5;1-2/h3-4H,2H2,1H3;. The fraction of sp³-hybridized carbons (Fsp3) is 1.00. The molecule has 0 heterocycles. The highest BCUT2D eigenvalue weighted by Gasteiger charge is 2.31. The van der Waals surface area contributed by atoms with Crippen molar-refractivity contribution in [3.8, 4) is 0 Å². The first-order valence-electron chi connectivity index (χ1n) is 2.09. The second kappa shape index (κ2) is 2.88. The van der Waals surface area contributed by atoms with Gasteiger partial charge in [0.1, 0.15) is 6.17 Å². The molecule has 0 aromatic rings. The largest absolute Gasteiger partial charge is 0.247 e. The molecule has 1 fully saturated rings. The van der Waals surface area contributed by atoms with Gasteiger partial charge in [0.2, 0.25) is 0 Å². The predicted octanol–water partition coefficient (Wildman–Crippen LogP) is 2.20. The van der Waals surface area contributed by atoms with E-state index in [4.69, 9.17) is 9.15 Å². The van der Waals surface area contributed by atoms with Crippen LogP contribution in [0.3, 0.4) is 0 Å². The van der Waals surface area contributed by atoms with Gasteiger partial charge in [-0.15, -0.1) is 0 Å². The number of hydrogen-bond donors (Lipinski definition) is 0. The third-order valence-corrected chi connectivity index (χ3v) is 1.01. The van der Waals surface area contributed by atoms with Crippen LogP contribution >= 0.6 is 0 Å². The molecule has 0 bridgehead atoms. The minimum Gasteiger partial charge on any atom is -0.247 e. The highest BCUT2D eigenvalue weighted by molar-refractivity contribution is 4.81. The molecule has 2 atom stereocenters. The fourth-order valence-corrected chi connectivity index (χ4v) is 0.277. The first-order chi connectivity index (χ1) is 3.30. The lowest BCUT2D eigenvalue weighted by Crippen LogP contribution is -1.63. The van der Waals surface area contributed by atoms with Crippen LogP contribution in [0, 0.1) is 5.92 Å². The Morgan fingerprint density at radius 1 is 1.43 bits per heavy atom. The maximum Gasteiger partial charge on any atom is 0.103 e. The molecule has 44 valence electrons. The molecule has 1 aliphatic carbocycles. The van der Waals surface area contributed by atoms with E-state index in [0.29, 0.717) is 5.92 Å². The van der Waals surface area contributed by atoms with Crippen molar-refractivity contribution in [1.29, 1.82) is 0 Å². The Morgan fingerprint density at radius 2 is 1.57 bits per heavy atom. The summed E-state index contributed by atoms with van der Waals surface area (Å²) < 4.78 is 27.5. The number of halogens is 3. The molecule has 2 unspecified atom stereocenters. The van der Waals surface area contributed by atoms with Gasteiger partial charge >= 0.3 is 0 Å². The Morgan fingerprint density at radius 3 is 1.57 bits per heavy atom. The first-order valence-corrected chi connectivity index (χ1v) is 2.09. The summed E-state index contributed by atoms with van der Waals surface area (Å²) in [6, 6.07) is 0. The molecular weight excluding hydrogens is 105 g/mol. The summed E-state index contributed by atoms with van der Waals surface area (Å²) in [5.74, 6) is 0.384. The van der Waals surface area contributed by atoms with E-state index in [2.05, 4.69) is 0 Å². The third kappa shape index (κ3) is 2.48. The zero-order valence-corrected chi connectivity index (χ0v) is 4.00. The average Bonchev–Trinajstić information content (AvgIpc) is 2.27. The summed E-state index contributed by atoms with van der Waals surface area (Å²) in [6.45, 7) is 1.92. The summed E-state index contributed by atoms with van der Waals surface area (Å²) in [7, 11) is 0. The Balaban J connectivity index is 0.000000162. The van der Waals surface area contributed by atoms with Gasteiger partial charge in [-0.2, -0.15) is 0 Å². The van der Waals surface area contributed by atoms with Crippen molar-refractivity contribution in [2.75, 3.05) is 0 Å². The molecule has 0 aromatic heterocycles. The van der Waals surface area contributed by atoms with Crippen molar-refractivity contribution >= 4 is 0 Å².